The largest absolute Gasteiger partial charge is 0.475 e. The number of alkyl halides is 3. The van der Waals surface area contributed by atoms with Crippen molar-refractivity contribution in [1.82, 2.24) is 29.8 Å². The van der Waals surface area contributed by atoms with Crippen molar-refractivity contribution in [1.29, 1.82) is 0 Å². The lowest BCUT2D eigenvalue weighted by Gasteiger charge is -2.30. The molecule has 4 aromatic heterocycles. The predicted molar refractivity (Wildman–Crippen MR) is 153 cm³/mol. The first-order valence-corrected chi connectivity index (χ1v) is 13.6. The van der Waals surface area contributed by atoms with Crippen molar-refractivity contribution in [2.24, 2.45) is 0 Å². The number of aryl methyl sites for hydroxylation is 1. The molecule has 0 saturated carbocycles. The van der Waals surface area contributed by atoms with Gasteiger partial charge in [-0.1, -0.05) is 0 Å². The third kappa shape index (κ3) is 5.80. The van der Waals surface area contributed by atoms with Crippen LogP contribution in [0.1, 0.15) is 36.1 Å². The Hall–Kier alpha value is -4.60. The summed E-state index contributed by atoms with van der Waals surface area (Å²) in [6.45, 7) is 5.60. The molecule has 6 heterocycles. The van der Waals surface area contributed by atoms with Gasteiger partial charge in [0.15, 0.2) is 5.82 Å². The summed E-state index contributed by atoms with van der Waals surface area (Å²) in [6, 6.07) is 1.32. The van der Waals surface area contributed by atoms with E-state index in [1.54, 1.807) is 11.8 Å². The number of nitrogens with two attached hydrogens (primary N) is 2. The summed E-state index contributed by atoms with van der Waals surface area (Å²) >= 11 is 0. The number of hydrogen-bond acceptors (Lipinski definition) is 11. The Kier molecular flexibility index (Phi) is 8.29. The van der Waals surface area contributed by atoms with E-state index in [0.717, 1.165) is 12.3 Å². The highest BCUT2D eigenvalue weighted by atomic mass is 19.4. The minimum Gasteiger partial charge on any atom is -0.475 e. The molecule has 2 aliphatic rings. The van der Waals surface area contributed by atoms with Crippen LogP contribution in [0.2, 0.25) is 0 Å². The van der Waals surface area contributed by atoms with Crippen LogP contribution < -0.4 is 25.8 Å². The third-order valence-corrected chi connectivity index (χ3v) is 7.40. The molecule has 6 rings (SSSR count). The van der Waals surface area contributed by atoms with Gasteiger partial charge in [-0.2, -0.15) is 23.1 Å². The Bertz CT molecular complexity index is 1720. The van der Waals surface area contributed by atoms with Gasteiger partial charge in [0.2, 0.25) is 5.88 Å². The fourth-order valence-corrected chi connectivity index (χ4v) is 5.06. The molecule has 11 nitrogen and oxygen atoms in total. The Morgan fingerprint density at radius 3 is 2.34 bits per heavy atom. The summed E-state index contributed by atoms with van der Waals surface area (Å²) in [4.78, 5) is 24.1. The molecule has 16 heteroatoms. The molecular weight excluding hydrogens is 589 g/mol. The number of pyridine rings is 3. The summed E-state index contributed by atoms with van der Waals surface area (Å²) in [5.74, 6) is -2.17. The number of aromatic nitrogens is 5. The summed E-state index contributed by atoms with van der Waals surface area (Å²) in [5, 5.41) is -0.0292. The first kappa shape index (κ1) is 30.8. The van der Waals surface area contributed by atoms with Crippen molar-refractivity contribution in [2.45, 2.75) is 32.5 Å². The molecule has 1 atom stereocenters. The summed E-state index contributed by atoms with van der Waals surface area (Å²) in [5.41, 5.74) is 8.58. The Morgan fingerprint density at radius 1 is 1.02 bits per heavy atom. The lowest BCUT2D eigenvalue weighted by Crippen LogP contribution is -2.32. The zero-order valence-corrected chi connectivity index (χ0v) is 24.3. The first-order chi connectivity index (χ1) is 20.8. The standard InChI is InChI=1S/C24H21F5N8O2.C4H9N/c1-9-6-13(30)33-18(15(9)24(27,28)29)19-16(26)17-14-21(36-23(35-17)38-3)37(4-5-39-22(14)34-19)10(2)12-7-11(25)8-32-20(12)31;1-5-3-2-4-5/h6-8,10H,4-5H2,1-3H3,(H2,30,33)(H2,31,32);2-4H2,1H3. The van der Waals surface area contributed by atoms with Crippen LogP contribution in [0.4, 0.5) is 39.4 Å². The number of hydrogen-bond donors (Lipinski definition) is 2. The second kappa shape index (κ2) is 11.8. The van der Waals surface area contributed by atoms with Crippen molar-refractivity contribution >= 4 is 28.4 Å². The fourth-order valence-electron chi connectivity index (χ4n) is 5.06. The summed E-state index contributed by atoms with van der Waals surface area (Å²) < 4.78 is 83.1. The SMILES string of the molecule is CN1CCC1.COc1nc2c3c(nc(-c4nc(N)cc(C)c4C(F)(F)F)c(F)c3n1)OCCN2C(C)c1cc(F)cnc1N. The maximum absolute atomic E-state index is 16.1. The second-order valence-corrected chi connectivity index (χ2v) is 10.4. The Morgan fingerprint density at radius 2 is 1.73 bits per heavy atom. The average Bonchev–Trinajstić information content (AvgIpc) is 3.13. The maximum atomic E-state index is 16.1. The molecule has 0 aromatic carbocycles. The minimum absolute atomic E-state index is 0.0292. The lowest BCUT2D eigenvalue weighted by molar-refractivity contribution is -0.137. The van der Waals surface area contributed by atoms with E-state index in [9.17, 15) is 17.6 Å². The highest BCUT2D eigenvalue weighted by molar-refractivity contribution is 5.97. The first-order valence-electron chi connectivity index (χ1n) is 13.6. The monoisotopic (exact) mass is 619 g/mol. The molecule has 2 aliphatic heterocycles. The van der Waals surface area contributed by atoms with E-state index in [1.165, 1.54) is 39.6 Å². The summed E-state index contributed by atoms with van der Waals surface area (Å²) in [6.07, 6.45) is -2.51. The van der Waals surface area contributed by atoms with Crippen LogP contribution in [0.15, 0.2) is 18.3 Å². The molecular formula is C28H30F5N9O2. The molecule has 0 amide bonds. The van der Waals surface area contributed by atoms with E-state index in [-0.39, 0.29) is 53.4 Å². The van der Waals surface area contributed by atoms with Gasteiger partial charge in [0.05, 0.1) is 31.5 Å². The van der Waals surface area contributed by atoms with Gasteiger partial charge in [-0.15, -0.1) is 0 Å². The molecule has 0 aliphatic carbocycles. The van der Waals surface area contributed by atoms with Crippen molar-refractivity contribution < 1.29 is 31.4 Å². The number of nitrogen functional groups attached to an aromatic ring is 2. The number of halogens is 5. The van der Waals surface area contributed by atoms with Crippen molar-refractivity contribution in [3.05, 3.63) is 46.7 Å². The molecule has 0 radical (unpaired) electrons. The van der Waals surface area contributed by atoms with Gasteiger partial charge in [-0.25, -0.2) is 23.7 Å². The molecule has 1 fully saturated rings. The van der Waals surface area contributed by atoms with E-state index < -0.39 is 46.3 Å². The third-order valence-electron chi connectivity index (χ3n) is 7.40. The van der Waals surface area contributed by atoms with Gasteiger partial charge in [-0.05, 0) is 58.1 Å². The summed E-state index contributed by atoms with van der Waals surface area (Å²) in [7, 11) is 3.39. The Labute approximate surface area is 249 Å². The normalized spacial score (nSPS) is 15.5. The van der Waals surface area contributed by atoms with E-state index in [4.69, 9.17) is 20.9 Å². The second-order valence-electron chi connectivity index (χ2n) is 10.4. The quantitative estimate of drug-likeness (QED) is 0.311. The molecule has 4 aromatic rings. The van der Waals surface area contributed by atoms with Gasteiger partial charge >= 0.3 is 12.2 Å². The predicted octanol–water partition coefficient (Wildman–Crippen LogP) is 4.54. The van der Waals surface area contributed by atoms with Crippen molar-refractivity contribution in [3.8, 4) is 23.3 Å². The van der Waals surface area contributed by atoms with Crippen LogP contribution >= 0.6 is 0 Å². The van der Waals surface area contributed by atoms with Gasteiger partial charge < -0.3 is 30.7 Å². The van der Waals surface area contributed by atoms with Gasteiger partial charge in [0.25, 0.3) is 0 Å². The number of ether oxygens (including phenoxy) is 2. The molecule has 1 unspecified atom stereocenters. The topological polar surface area (TPSA) is 141 Å². The van der Waals surface area contributed by atoms with Gasteiger partial charge in [0, 0.05) is 5.56 Å². The molecule has 234 valence electrons. The maximum Gasteiger partial charge on any atom is 0.418 e. The number of methoxy groups -OCH3 is 1. The molecule has 0 spiro atoms. The zero-order valence-electron chi connectivity index (χ0n) is 24.3. The van der Waals surface area contributed by atoms with Crippen LogP contribution in [0.25, 0.3) is 22.3 Å². The van der Waals surface area contributed by atoms with E-state index >= 15 is 4.39 Å². The van der Waals surface area contributed by atoms with Crippen LogP contribution in [-0.2, 0) is 6.18 Å². The fraction of sp³-hybridized carbons (Fsp3) is 0.393. The van der Waals surface area contributed by atoms with Crippen molar-refractivity contribution in [2.75, 3.05) is 56.8 Å². The highest BCUT2D eigenvalue weighted by Crippen LogP contribution is 2.44. The van der Waals surface area contributed by atoms with Crippen LogP contribution in [0, 0.1) is 18.6 Å². The number of likely N-dealkylation sites (tertiary alicyclic amines) is 1. The zero-order chi connectivity index (χ0) is 31.9. The molecule has 44 heavy (non-hydrogen) atoms. The van der Waals surface area contributed by atoms with Gasteiger partial charge in [0.1, 0.15) is 52.2 Å². The number of nitrogens with zero attached hydrogens (tertiary/aromatic N) is 7. The molecule has 4 N–H and O–H groups in total. The van der Waals surface area contributed by atoms with E-state index in [1.807, 2.05) is 0 Å². The highest BCUT2D eigenvalue weighted by Gasteiger charge is 2.39. The average molecular weight is 620 g/mol. The van der Waals surface area contributed by atoms with Crippen LogP contribution in [0.3, 0.4) is 0 Å². The van der Waals surface area contributed by atoms with Crippen LogP contribution in [-0.4, -0.2) is 70.2 Å². The smallest absolute Gasteiger partial charge is 0.418 e. The Balaban J connectivity index is 0.000000698. The van der Waals surface area contributed by atoms with Crippen molar-refractivity contribution in [3.63, 3.8) is 0 Å². The minimum atomic E-state index is -4.89. The van der Waals surface area contributed by atoms with Gasteiger partial charge in [-0.3, -0.25) is 0 Å². The van der Waals surface area contributed by atoms with Crippen LogP contribution in [0.5, 0.6) is 11.9 Å². The lowest BCUT2D eigenvalue weighted by atomic mass is 10.0. The van der Waals surface area contributed by atoms with E-state index in [2.05, 4.69) is 36.9 Å². The molecule has 0 bridgehead atoms. The molecule has 1 saturated heterocycles. The van der Waals surface area contributed by atoms with E-state index in [0.29, 0.717) is 5.56 Å². The number of anilines is 3. The number of rotatable bonds is 4.